The molecule has 1 aromatic heterocycles. The predicted octanol–water partition coefficient (Wildman–Crippen LogP) is 4.29. The number of carbonyl (C=O) groups is 1. The van der Waals surface area contributed by atoms with E-state index in [9.17, 15) is 4.79 Å². The fourth-order valence-corrected chi connectivity index (χ4v) is 2.56. The van der Waals surface area contributed by atoms with Gasteiger partial charge in [0.1, 0.15) is 0 Å². The van der Waals surface area contributed by atoms with E-state index in [0.717, 1.165) is 11.1 Å². The summed E-state index contributed by atoms with van der Waals surface area (Å²) in [6.07, 6.45) is 0.902. The molecule has 1 heterocycles. The minimum atomic E-state index is -0.106. The molecule has 0 aliphatic carbocycles. The van der Waals surface area contributed by atoms with Gasteiger partial charge in [-0.15, -0.1) is 10.2 Å². The molecule has 1 N–H and O–H groups in total. The van der Waals surface area contributed by atoms with Gasteiger partial charge in [-0.25, -0.2) is 0 Å². The van der Waals surface area contributed by atoms with E-state index < -0.39 is 0 Å². The lowest BCUT2D eigenvalue weighted by atomic mass is 10.1. The van der Waals surface area contributed by atoms with Crippen LogP contribution in [0.4, 0.5) is 0 Å². The zero-order valence-electron chi connectivity index (χ0n) is 13.2. The van der Waals surface area contributed by atoms with Gasteiger partial charge in [0, 0.05) is 12.0 Å². The monoisotopic (exact) mass is 375 g/mol. The molecular formula is C18H15Cl2N3O2. The largest absolute Gasteiger partial charge is 0.419 e. The average molecular weight is 376 g/mol. The molecule has 0 bridgehead atoms. The van der Waals surface area contributed by atoms with Crippen molar-refractivity contribution in [3.8, 4) is 11.5 Å². The number of aromatic nitrogens is 2. The first-order chi connectivity index (χ1) is 12.1. The third kappa shape index (κ3) is 4.81. The number of nitrogens with one attached hydrogen (secondary N) is 1. The van der Waals surface area contributed by atoms with Crippen molar-refractivity contribution in [2.45, 2.75) is 19.4 Å². The third-order valence-electron chi connectivity index (χ3n) is 3.55. The van der Waals surface area contributed by atoms with Crippen molar-refractivity contribution in [3.05, 3.63) is 70.0 Å². The summed E-state index contributed by atoms with van der Waals surface area (Å²) in [6.45, 7) is 0.194. The van der Waals surface area contributed by atoms with Crippen molar-refractivity contribution in [1.82, 2.24) is 15.5 Å². The molecule has 25 heavy (non-hydrogen) atoms. The van der Waals surface area contributed by atoms with Crippen LogP contribution in [0.25, 0.3) is 11.5 Å². The van der Waals surface area contributed by atoms with Crippen molar-refractivity contribution in [3.63, 3.8) is 0 Å². The summed E-state index contributed by atoms with van der Waals surface area (Å²) in [6, 6.07) is 14.8. The molecule has 0 radical (unpaired) electrons. The summed E-state index contributed by atoms with van der Waals surface area (Å²) in [4.78, 5) is 12.0. The second-order valence-electron chi connectivity index (χ2n) is 5.39. The molecule has 0 spiro atoms. The molecule has 0 atom stereocenters. The van der Waals surface area contributed by atoms with Crippen LogP contribution < -0.4 is 5.32 Å². The first-order valence-electron chi connectivity index (χ1n) is 7.70. The molecule has 0 fully saturated rings. The van der Waals surface area contributed by atoms with Gasteiger partial charge < -0.3 is 9.73 Å². The Balaban J connectivity index is 1.49. The molecule has 5 nitrogen and oxygen atoms in total. The molecule has 0 unspecified atom stereocenters. The molecule has 3 rings (SSSR count). The number of aryl methyl sites for hydroxylation is 1. The number of hydrogen-bond acceptors (Lipinski definition) is 4. The Morgan fingerprint density at radius 3 is 2.60 bits per heavy atom. The van der Waals surface area contributed by atoms with Gasteiger partial charge in [0.25, 0.3) is 0 Å². The van der Waals surface area contributed by atoms with E-state index in [1.54, 1.807) is 12.1 Å². The highest BCUT2D eigenvalue weighted by Gasteiger charge is 2.10. The van der Waals surface area contributed by atoms with Crippen LogP contribution in [-0.2, 0) is 17.8 Å². The summed E-state index contributed by atoms with van der Waals surface area (Å²) in [7, 11) is 0. The van der Waals surface area contributed by atoms with E-state index in [4.69, 9.17) is 27.6 Å². The van der Waals surface area contributed by atoms with Crippen molar-refractivity contribution >= 4 is 29.1 Å². The lowest BCUT2D eigenvalue weighted by Crippen LogP contribution is -2.23. The molecule has 0 aliphatic rings. The van der Waals surface area contributed by atoms with Gasteiger partial charge in [0.15, 0.2) is 0 Å². The number of nitrogens with zero attached hydrogens (tertiary/aromatic N) is 2. The molecule has 1 amide bonds. The van der Waals surface area contributed by atoms with Gasteiger partial charge >= 0.3 is 0 Å². The van der Waals surface area contributed by atoms with Crippen LogP contribution >= 0.6 is 23.2 Å². The quantitative estimate of drug-likeness (QED) is 0.697. The molecule has 0 saturated carbocycles. The van der Waals surface area contributed by atoms with Crippen LogP contribution in [0, 0.1) is 0 Å². The van der Waals surface area contributed by atoms with Gasteiger partial charge in [-0.3, -0.25) is 4.79 Å². The SMILES string of the molecule is O=C(CCc1ccc(Cl)c(Cl)c1)NCc1nnc(-c2ccccc2)o1. The summed E-state index contributed by atoms with van der Waals surface area (Å²) < 4.78 is 5.54. The smallest absolute Gasteiger partial charge is 0.247 e. The first kappa shape index (κ1) is 17.5. The zero-order valence-corrected chi connectivity index (χ0v) is 14.7. The highest BCUT2D eigenvalue weighted by atomic mass is 35.5. The first-order valence-corrected chi connectivity index (χ1v) is 8.46. The maximum absolute atomic E-state index is 12.0. The number of hydrogen-bond donors (Lipinski definition) is 1. The predicted molar refractivity (Wildman–Crippen MR) is 96.4 cm³/mol. The van der Waals surface area contributed by atoms with E-state index in [1.165, 1.54) is 0 Å². The summed E-state index contributed by atoms with van der Waals surface area (Å²) in [5, 5.41) is 11.7. The van der Waals surface area contributed by atoms with Gasteiger partial charge in [0.05, 0.1) is 16.6 Å². The highest BCUT2D eigenvalue weighted by molar-refractivity contribution is 6.42. The van der Waals surface area contributed by atoms with Crippen LogP contribution in [0.15, 0.2) is 52.9 Å². The number of benzene rings is 2. The van der Waals surface area contributed by atoms with Crippen molar-refractivity contribution < 1.29 is 9.21 Å². The van der Waals surface area contributed by atoms with Crippen LogP contribution in [0.5, 0.6) is 0 Å². The van der Waals surface area contributed by atoms with E-state index >= 15 is 0 Å². The number of amides is 1. The Bertz CT molecular complexity index is 866. The fraction of sp³-hybridized carbons (Fsp3) is 0.167. The van der Waals surface area contributed by atoms with Gasteiger partial charge in [0.2, 0.25) is 17.7 Å². The molecule has 128 valence electrons. The second kappa shape index (κ2) is 8.14. The van der Waals surface area contributed by atoms with Gasteiger partial charge in [-0.05, 0) is 36.2 Å². The van der Waals surface area contributed by atoms with Gasteiger partial charge in [-0.2, -0.15) is 0 Å². The Kier molecular flexibility index (Phi) is 5.68. The summed E-state index contributed by atoms with van der Waals surface area (Å²) in [5.74, 6) is 0.688. The molecule has 0 saturated heterocycles. The molecule has 2 aromatic carbocycles. The van der Waals surface area contributed by atoms with Gasteiger partial charge in [-0.1, -0.05) is 47.5 Å². The van der Waals surface area contributed by atoms with Crippen LogP contribution in [-0.4, -0.2) is 16.1 Å². The van der Waals surface area contributed by atoms with E-state index in [1.807, 2.05) is 36.4 Å². The molecular weight excluding hydrogens is 361 g/mol. The lowest BCUT2D eigenvalue weighted by molar-refractivity contribution is -0.121. The standard InChI is InChI=1S/C18H15Cl2N3O2/c19-14-8-6-12(10-15(14)20)7-9-16(24)21-11-17-22-23-18(25-17)13-4-2-1-3-5-13/h1-6,8,10H,7,9,11H2,(H,21,24). The summed E-state index contributed by atoms with van der Waals surface area (Å²) >= 11 is 11.8. The third-order valence-corrected chi connectivity index (χ3v) is 4.29. The zero-order chi connectivity index (χ0) is 17.6. The maximum atomic E-state index is 12.0. The van der Waals surface area contributed by atoms with Crippen LogP contribution in [0.2, 0.25) is 10.0 Å². The Hall–Kier alpha value is -2.37. The van der Waals surface area contributed by atoms with Crippen molar-refractivity contribution in [2.24, 2.45) is 0 Å². The minimum absolute atomic E-state index is 0.106. The van der Waals surface area contributed by atoms with E-state index in [0.29, 0.717) is 34.7 Å². The van der Waals surface area contributed by atoms with Crippen LogP contribution in [0.3, 0.4) is 0 Å². The molecule has 7 heteroatoms. The highest BCUT2D eigenvalue weighted by Crippen LogP contribution is 2.23. The lowest BCUT2D eigenvalue weighted by Gasteiger charge is -2.04. The summed E-state index contributed by atoms with van der Waals surface area (Å²) in [5.41, 5.74) is 1.79. The topological polar surface area (TPSA) is 68.0 Å². The van der Waals surface area contributed by atoms with E-state index in [2.05, 4.69) is 15.5 Å². The minimum Gasteiger partial charge on any atom is -0.419 e. The molecule has 0 aliphatic heterocycles. The number of carbonyl (C=O) groups excluding carboxylic acids is 1. The van der Waals surface area contributed by atoms with Crippen molar-refractivity contribution in [2.75, 3.05) is 0 Å². The maximum Gasteiger partial charge on any atom is 0.247 e. The van der Waals surface area contributed by atoms with Crippen LogP contribution in [0.1, 0.15) is 17.9 Å². The Morgan fingerprint density at radius 2 is 1.84 bits per heavy atom. The Labute approximate surface area is 155 Å². The number of halogens is 2. The number of rotatable bonds is 6. The second-order valence-corrected chi connectivity index (χ2v) is 6.21. The normalized spacial score (nSPS) is 10.6. The Morgan fingerprint density at radius 1 is 1.04 bits per heavy atom. The van der Waals surface area contributed by atoms with Crippen molar-refractivity contribution in [1.29, 1.82) is 0 Å². The average Bonchev–Trinajstić information content (AvgIpc) is 3.11. The molecule has 3 aromatic rings. The van der Waals surface area contributed by atoms with E-state index in [-0.39, 0.29) is 12.5 Å². The fourth-order valence-electron chi connectivity index (χ4n) is 2.24.